The minimum Gasteiger partial charge on any atom is -0.484 e. The maximum atomic E-state index is 13.8. The zero-order valence-corrected chi connectivity index (χ0v) is 25.1. The van der Waals surface area contributed by atoms with Crippen LogP contribution in [0.3, 0.4) is 0 Å². The molecule has 0 aliphatic rings. The molecule has 0 unspecified atom stereocenters. The second-order valence-corrected chi connectivity index (χ2v) is 11.8. The van der Waals surface area contributed by atoms with Crippen LogP contribution in [-0.4, -0.2) is 31.7 Å². The van der Waals surface area contributed by atoms with Gasteiger partial charge in [-0.15, -0.1) is 0 Å². The first-order chi connectivity index (χ1) is 22.2. The molecule has 0 bridgehead atoms. The van der Waals surface area contributed by atoms with E-state index in [1.165, 1.54) is 71.8 Å². The van der Waals surface area contributed by atoms with E-state index in [2.05, 4.69) is 10.0 Å². The summed E-state index contributed by atoms with van der Waals surface area (Å²) in [6, 6.07) is 26.9. The number of anilines is 1. The Morgan fingerprint density at radius 2 is 1.46 bits per heavy atom. The number of benzene rings is 4. The number of hydrogen-bond acceptors (Lipinski definition) is 6. The molecule has 2 amide bonds. The van der Waals surface area contributed by atoms with Crippen molar-refractivity contribution in [2.45, 2.75) is 24.0 Å². The fourth-order valence-electron chi connectivity index (χ4n) is 4.58. The lowest BCUT2D eigenvalue weighted by molar-refractivity contribution is -0.143. The van der Waals surface area contributed by atoms with Crippen LogP contribution in [-0.2, 0) is 32.7 Å². The molecule has 236 valence electrons. The van der Waals surface area contributed by atoms with Crippen molar-refractivity contribution >= 4 is 27.5 Å². The number of halogens is 2. The molecule has 1 heterocycles. The molecule has 1 atom stereocenters. The number of carbonyl (C=O) groups is 2. The smallest absolute Gasteiger partial charge is 0.261 e. The topological polar surface area (TPSA) is 118 Å². The van der Waals surface area contributed by atoms with Crippen molar-refractivity contribution in [3.63, 3.8) is 0 Å². The summed E-state index contributed by atoms with van der Waals surface area (Å²) < 4.78 is 65.9. The zero-order valence-electron chi connectivity index (χ0n) is 24.3. The van der Waals surface area contributed by atoms with E-state index < -0.39 is 46.1 Å². The predicted molar refractivity (Wildman–Crippen MR) is 166 cm³/mol. The van der Waals surface area contributed by atoms with Crippen LogP contribution in [0.25, 0.3) is 0 Å². The lowest BCUT2D eigenvalue weighted by atomic mass is 10.0. The van der Waals surface area contributed by atoms with Gasteiger partial charge in [-0.05, 0) is 83.9 Å². The Morgan fingerprint density at radius 1 is 0.804 bits per heavy atom. The second-order valence-electron chi connectivity index (χ2n) is 10.1. The van der Waals surface area contributed by atoms with E-state index in [0.29, 0.717) is 16.9 Å². The van der Waals surface area contributed by atoms with Crippen LogP contribution in [0.2, 0.25) is 0 Å². The number of hydrogen-bond donors (Lipinski definition) is 2. The van der Waals surface area contributed by atoms with Gasteiger partial charge in [-0.3, -0.25) is 14.3 Å². The summed E-state index contributed by atoms with van der Waals surface area (Å²) in [5.41, 5.74) is 1.31. The Labute approximate surface area is 264 Å². The van der Waals surface area contributed by atoms with Crippen LogP contribution in [0.4, 0.5) is 14.5 Å². The third-order valence-corrected chi connectivity index (χ3v) is 8.27. The van der Waals surface area contributed by atoms with Crippen LogP contribution in [0, 0.1) is 11.6 Å². The summed E-state index contributed by atoms with van der Waals surface area (Å²) in [5, 5.41) is 2.82. The maximum Gasteiger partial charge on any atom is 0.261 e. The van der Waals surface area contributed by atoms with Crippen LogP contribution in [0.1, 0.15) is 22.9 Å². The van der Waals surface area contributed by atoms with Crippen molar-refractivity contribution in [3.8, 4) is 5.75 Å². The Kier molecular flexibility index (Phi) is 10.1. The number of furan rings is 1. The number of sulfonamides is 1. The van der Waals surface area contributed by atoms with Gasteiger partial charge < -0.3 is 19.4 Å². The first kappa shape index (κ1) is 31.9. The molecule has 5 aromatic rings. The summed E-state index contributed by atoms with van der Waals surface area (Å²) in [7, 11) is -3.98. The van der Waals surface area contributed by atoms with Crippen molar-refractivity contribution in [1.29, 1.82) is 0 Å². The highest BCUT2D eigenvalue weighted by atomic mass is 32.2. The molecule has 4 aromatic carbocycles. The zero-order chi connectivity index (χ0) is 32.5. The molecule has 1 aromatic heterocycles. The highest BCUT2D eigenvalue weighted by molar-refractivity contribution is 7.92. The molecule has 5 rings (SSSR count). The van der Waals surface area contributed by atoms with E-state index in [4.69, 9.17) is 9.15 Å². The molecule has 9 nitrogen and oxygen atoms in total. The summed E-state index contributed by atoms with van der Waals surface area (Å²) >= 11 is 0. The SMILES string of the molecule is O=C(NCc1ccco1)[C@H](c1ccccc1)N(Cc1ccc(F)cc1)C(=O)COc1ccc(S(=O)(=O)Nc2ccc(F)cc2)cc1. The monoisotopic (exact) mass is 645 g/mol. The number of carbonyl (C=O) groups excluding carboxylic acids is 2. The molecule has 46 heavy (non-hydrogen) atoms. The molecule has 0 aliphatic carbocycles. The van der Waals surface area contributed by atoms with Gasteiger partial charge in [0.05, 0.1) is 17.7 Å². The van der Waals surface area contributed by atoms with Crippen LogP contribution >= 0.6 is 0 Å². The average Bonchev–Trinajstić information content (AvgIpc) is 3.59. The maximum absolute atomic E-state index is 13.8. The van der Waals surface area contributed by atoms with Crippen molar-refractivity contribution in [2.24, 2.45) is 0 Å². The highest BCUT2D eigenvalue weighted by Gasteiger charge is 2.32. The molecule has 0 radical (unpaired) electrons. The van der Waals surface area contributed by atoms with Gasteiger partial charge in [0.25, 0.3) is 15.9 Å². The molecule has 0 saturated carbocycles. The van der Waals surface area contributed by atoms with E-state index in [9.17, 15) is 26.8 Å². The van der Waals surface area contributed by atoms with E-state index in [1.807, 2.05) is 0 Å². The standard InChI is InChI=1S/C34H29F2N3O6S/c35-26-10-8-24(9-11-26)22-39(33(25-5-2-1-3-6-25)34(41)37-21-30-7-4-20-44-30)32(40)23-45-29-16-18-31(19-17-29)46(42,43)38-28-14-12-27(36)13-15-28/h1-20,33,38H,21-23H2,(H,37,41)/t33-/m0/s1. The number of ether oxygens (including phenoxy) is 1. The van der Waals surface area contributed by atoms with Gasteiger partial charge in [0.1, 0.15) is 29.2 Å². The average molecular weight is 646 g/mol. The van der Waals surface area contributed by atoms with E-state index in [0.717, 1.165) is 12.1 Å². The van der Waals surface area contributed by atoms with Crippen molar-refractivity contribution in [1.82, 2.24) is 10.2 Å². The summed E-state index contributed by atoms with van der Waals surface area (Å²) in [6.45, 7) is -0.437. The first-order valence-corrected chi connectivity index (χ1v) is 15.6. The van der Waals surface area contributed by atoms with E-state index in [1.54, 1.807) is 42.5 Å². The predicted octanol–water partition coefficient (Wildman–Crippen LogP) is 5.82. The number of nitrogens with zero attached hydrogens (tertiary/aromatic N) is 1. The molecule has 0 aliphatic heterocycles. The summed E-state index contributed by atoms with van der Waals surface area (Å²) in [5.74, 6) is -1.24. The Morgan fingerprint density at radius 3 is 2.09 bits per heavy atom. The van der Waals surface area contributed by atoms with Crippen molar-refractivity contribution in [3.05, 3.63) is 150 Å². The van der Waals surface area contributed by atoms with Gasteiger partial charge >= 0.3 is 0 Å². The van der Waals surface area contributed by atoms with Crippen LogP contribution in [0.5, 0.6) is 5.75 Å². The molecule has 2 N–H and O–H groups in total. The lowest BCUT2D eigenvalue weighted by Crippen LogP contribution is -2.45. The fourth-order valence-corrected chi connectivity index (χ4v) is 5.64. The normalized spacial score (nSPS) is 11.8. The largest absolute Gasteiger partial charge is 0.484 e. The highest BCUT2D eigenvalue weighted by Crippen LogP contribution is 2.25. The second kappa shape index (κ2) is 14.5. The third kappa shape index (κ3) is 8.36. The number of nitrogens with one attached hydrogen (secondary N) is 2. The van der Waals surface area contributed by atoms with Crippen molar-refractivity contribution in [2.75, 3.05) is 11.3 Å². The Hall–Kier alpha value is -5.49. The van der Waals surface area contributed by atoms with Gasteiger partial charge in [-0.2, -0.15) is 0 Å². The van der Waals surface area contributed by atoms with E-state index in [-0.39, 0.29) is 29.4 Å². The van der Waals surface area contributed by atoms with Crippen LogP contribution < -0.4 is 14.8 Å². The van der Waals surface area contributed by atoms with Gasteiger partial charge in [-0.1, -0.05) is 42.5 Å². The van der Waals surface area contributed by atoms with Crippen molar-refractivity contribution < 1.29 is 35.9 Å². The lowest BCUT2D eigenvalue weighted by Gasteiger charge is -2.31. The summed E-state index contributed by atoms with van der Waals surface area (Å²) in [4.78, 5) is 28.7. The Balaban J connectivity index is 1.34. The minimum atomic E-state index is -3.98. The molecular weight excluding hydrogens is 616 g/mol. The summed E-state index contributed by atoms with van der Waals surface area (Å²) in [6.07, 6.45) is 1.49. The van der Waals surface area contributed by atoms with E-state index >= 15 is 0 Å². The molecule has 12 heteroatoms. The number of rotatable bonds is 13. The molecule has 0 fully saturated rings. The molecule has 0 saturated heterocycles. The Bertz CT molecular complexity index is 1850. The van der Waals surface area contributed by atoms with Gasteiger partial charge in [-0.25, -0.2) is 17.2 Å². The van der Waals surface area contributed by atoms with Gasteiger partial charge in [0, 0.05) is 12.2 Å². The number of amides is 2. The first-order valence-electron chi connectivity index (χ1n) is 14.1. The molecule has 0 spiro atoms. The quantitative estimate of drug-likeness (QED) is 0.167. The fraction of sp³-hybridized carbons (Fsp3) is 0.118. The minimum absolute atomic E-state index is 0.0392. The van der Waals surface area contributed by atoms with Gasteiger partial charge in [0.15, 0.2) is 6.61 Å². The van der Waals surface area contributed by atoms with Crippen LogP contribution in [0.15, 0.2) is 131 Å². The van der Waals surface area contributed by atoms with Gasteiger partial charge in [0.2, 0.25) is 5.91 Å². The molecular formula is C34H29F2N3O6S. The third-order valence-electron chi connectivity index (χ3n) is 6.87.